The molecular formula is C15H16N6O2S2. The minimum Gasteiger partial charge on any atom is -0.370 e. The van der Waals surface area contributed by atoms with Gasteiger partial charge in [0.05, 0.1) is 10.6 Å². The zero-order valence-electron chi connectivity index (χ0n) is 13.3. The second kappa shape index (κ2) is 6.96. The summed E-state index contributed by atoms with van der Waals surface area (Å²) in [6.45, 7) is 0.501. The van der Waals surface area contributed by atoms with E-state index in [-0.39, 0.29) is 12.3 Å². The van der Waals surface area contributed by atoms with Crippen molar-refractivity contribution in [2.75, 3.05) is 0 Å². The molecule has 3 aromatic rings. The number of carbonyl (C=O) groups is 1. The van der Waals surface area contributed by atoms with E-state index in [4.69, 9.17) is 10.3 Å². The first-order chi connectivity index (χ1) is 12.2. The lowest BCUT2D eigenvalue weighted by molar-refractivity contribution is -0.118. The molecule has 2 N–H and O–H groups in total. The summed E-state index contributed by atoms with van der Waals surface area (Å²) in [5.74, 6) is 2.68. The second-order valence-corrected chi connectivity index (χ2v) is 7.65. The van der Waals surface area contributed by atoms with Gasteiger partial charge in [-0.3, -0.25) is 4.79 Å². The Bertz CT molecular complexity index is 869. The van der Waals surface area contributed by atoms with Crippen molar-refractivity contribution in [2.45, 2.75) is 42.6 Å². The van der Waals surface area contributed by atoms with Gasteiger partial charge in [0.15, 0.2) is 5.16 Å². The van der Waals surface area contributed by atoms with Gasteiger partial charge in [-0.1, -0.05) is 23.0 Å². The number of nitrogens with two attached hydrogens (primary N) is 1. The molecule has 8 nitrogen and oxygen atoms in total. The third-order valence-corrected chi connectivity index (χ3v) is 5.62. The number of primary amides is 1. The van der Waals surface area contributed by atoms with E-state index in [9.17, 15) is 4.79 Å². The molecule has 130 valence electrons. The van der Waals surface area contributed by atoms with Crippen LogP contribution in [0, 0.1) is 0 Å². The first kappa shape index (κ1) is 16.3. The minimum absolute atomic E-state index is 0.272. The Labute approximate surface area is 151 Å². The summed E-state index contributed by atoms with van der Waals surface area (Å²) in [4.78, 5) is 16.5. The predicted octanol–water partition coefficient (Wildman–Crippen LogP) is 2.43. The molecule has 4 rings (SSSR count). The van der Waals surface area contributed by atoms with Crippen LogP contribution < -0.4 is 5.73 Å². The van der Waals surface area contributed by atoms with Crippen molar-refractivity contribution >= 4 is 29.0 Å². The van der Waals surface area contributed by atoms with E-state index in [1.54, 1.807) is 11.3 Å². The first-order valence-corrected chi connectivity index (χ1v) is 9.78. The van der Waals surface area contributed by atoms with Gasteiger partial charge in [0.1, 0.15) is 5.82 Å². The number of rotatable bonds is 8. The van der Waals surface area contributed by atoms with Crippen molar-refractivity contribution in [3.63, 3.8) is 0 Å². The second-order valence-electron chi connectivity index (χ2n) is 5.76. The highest BCUT2D eigenvalue weighted by Crippen LogP contribution is 2.40. The first-order valence-electron chi connectivity index (χ1n) is 7.91. The van der Waals surface area contributed by atoms with Crippen LogP contribution in [0.3, 0.4) is 0 Å². The SMILES string of the molecule is NC(=O)CCn1c(SCc2nc(-c3cccs3)no2)nnc1C1CC1. The monoisotopic (exact) mass is 376 g/mol. The summed E-state index contributed by atoms with van der Waals surface area (Å²) in [6, 6.07) is 3.90. The van der Waals surface area contributed by atoms with E-state index in [0.717, 1.165) is 28.7 Å². The van der Waals surface area contributed by atoms with Crippen molar-refractivity contribution in [2.24, 2.45) is 5.73 Å². The Morgan fingerprint density at radius 1 is 1.44 bits per heavy atom. The largest absolute Gasteiger partial charge is 0.370 e. The highest BCUT2D eigenvalue weighted by atomic mass is 32.2. The molecule has 10 heteroatoms. The van der Waals surface area contributed by atoms with E-state index >= 15 is 0 Å². The number of aromatic nitrogens is 5. The molecule has 1 fully saturated rings. The molecule has 0 bridgehead atoms. The van der Waals surface area contributed by atoms with E-state index in [0.29, 0.717) is 29.9 Å². The van der Waals surface area contributed by atoms with Crippen LogP contribution in [0.5, 0.6) is 0 Å². The average Bonchev–Trinajstić information content (AvgIpc) is 3.04. The number of hydrogen-bond acceptors (Lipinski definition) is 8. The Hall–Kier alpha value is -2.20. The number of amides is 1. The lowest BCUT2D eigenvalue weighted by atomic mass is 10.3. The summed E-state index contributed by atoms with van der Waals surface area (Å²) in [7, 11) is 0. The van der Waals surface area contributed by atoms with Crippen LogP contribution in [-0.2, 0) is 17.1 Å². The van der Waals surface area contributed by atoms with Crippen LogP contribution in [0.25, 0.3) is 10.7 Å². The molecule has 0 spiro atoms. The van der Waals surface area contributed by atoms with Crippen molar-refractivity contribution < 1.29 is 9.32 Å². The Morgan fingerprint density at radius 2 is 2.32 bits per heavy atom. The third-order valence-electron chi connectivity index (χ3n) is 3.80. The zero-order valence-corrected chi connectivity index (χ0v) is 14.9. The molecule has 3 aromatic heterocycles. The lowest BCUT2D eigenvalue weighted by Gasteiger charge is -2.07. The van der Waals surface area contributed by atoms with Gasteiger partial charge in [-0.15, -0.1) is 21.5 Å². The molecule has 0 atom stereocenters. The van der Waals surface area contributed by atoms with Crippen molar-refractivity contribution in [1.82, 2.24) is 24.9 Å². The third kappa shape index (κ3) is 3.74. The van der Waals surface area contributed by atoms with Gasteiger partial charge < -0.3 is 14.8 Å². The van der Waals surface area contributed by atoms with Crippen molar-refractivity contribution in [3.05, 3.63) is 29.2 Å². The van der Waals surface area contributed by atoms with Gasteiger partial charge in [0.2, 0.25) is 17.6 Å². The predicted molar refractivity (Wildman–Crippen MR) is 93.0 cm³/mol. The molecular weight excluding hydrogens is 360 g/mol. The van der Waals surface area contributed by atoms with Crippen LogP contribution in [0.15, 0.2) is 27.2 Å². The molecule has 1 aliphatic rings. The van der Waals surface area contributed by atoms with Gasteiger partial charge in [-0.05, 0) is 24.3 Å². The molecule has 25 heavy (non-hydrogen) atoms. The smallest absolute Gasteiger partial charge is 0.237 e. The highest BCUT2D eigenvalue weighted by molar-refractivity contribution is 7.98. The van der Waals surface area contributed by atoms with Crippen LogP contribution in [0.2, 0.25) is 0 Å². The summed E-state index contributed by atoms with van der Waals surface area (Å²) in [5.41, 5.74) is 5.28. The van der Waals surface area contributed by atoms with Gasteiger partial charge >= 0.3 is 0 Å². The van der Waals surface area contributed by atoms with Gasteiger partial charge in [0.25, 0.3) is 0 Å². The topological polar surface area (TPSA) is 113 Å². The fourth-order valence-electron chi connectivity index (χ4n) is 2.43. The quantitative estimate of drug-likeness (QED) is 0.601. The van der Waals surface area contributed by atoms with E-state index < -0.39 is 0 Å². The summed E-state index contributed by atoms with van der Waals surface area (Å²) < 4.78 is 7.30. The Kier molecular flexibility index (Phi) is 4.53. The fourth-order valence-corrected chi connectivity index (χ4v) is 3.89. The van der Waals surface area contributed by atoms with Gasteiger partial charge in [0, 0.05) is 18.9 Å². The summed E-state index contributed by atoms with van der Waals surface area (Å²) >= 11 is 3.04. The fraction of sp³-hybridized carbons (Fsp3) is 0.400. The number of thioether (sulfide) groups is 1. The maximum absolute atomic E-state index is 11.1. The Morgan fingerprint density at radius 3 is 3.04 bits per heavy atom. The van der Waals surface area contributed by atoms with E-state index in [2.05, 4.69) is 20.3 Å². The maximum atomic E-state index is 11.1. The molecule has 0 unspecified atom stereocenters. The van der Waals surface area contributed by atoms with Crippen LogP contribution in [-0.4, -0.2) is 30.8 Å². The zero-order chi connectivity index (χ0) is 17.2. The standard InChI is InChI=1S/C15H16N6O2S2/c16-11(22)5-6-21-14(9-3-4-9)18-19-15(21)25-8-12-17-13(20-23-12)10-2-1-7-24-10/h1-2,7,9H,3-6,8H2,(H2,16,22). The molecule has 3 heterocycles. The number of hydrogen-bond donors (Lipinski definition) is 1. The molecule has 0 aromatic carbocycles. The Balaban J connectivity index is 1.46. The summed E-state index contributed by atoms with van der Waals surface area (Å²) in [5, 5.41) is 15.3. The molecule has 1 aliphatic carbocycles. The van der Waals surface area contributed by atoms with Crippen molar-refractivity contribution in [1.29, 1.82) is 0 Å². The van der Waals surface area contributed by atoms with E-state index in [1.165, 1.54) is 11.8 Å². The number of carbonyl (C=O) groups excluding carboxylic acids is 1. The highest BCUT2D eigenvalue weighted by Gasteiger charge is 2.30. The van der Waals surface area contributed by atoms with Crippen LogP contribution >= 0.6 is 23.1 Å². The molecule has 1 amide bonds. The lowest BCUT2D eigenvalue weighted by Crippen LogP contribution is -2.15. The normalized spacial score (nSPS) is 14.1. The molecule has 0 radical (unpaired) electrons. The van der Waals surface area contributed by atoms with E-state index in [1.807, 2.05) is 22.1 Å². The molecule has 0 aliphatic heterocycles. The maximum Gasteiger partial charge on any atom is 0.237 e. The minimum atomic E-state index is -0.330. The number of nitrogens with zero attached hydrogens (tertiary/aromatic N) is 5. The van der Waals surface area contributed by atoms with Crippen LogP contribution in [0.1, 0.15) is 36.9 Å². The average molecular weight is 376 g/mol. The summed E-state index contributed by atoms with van der Waals surface area (Å²) in [6.07, 6.45) is 2.51. The molecule has 0 saturated heterocycles. The van der Waals surface area contributed by atoms with Crippen LogP contribution in [0.4, 0.5) is 0 Å². The number of thiophene rings is 1. The van der Waals surface area contributed by atoms with Crippen molar-refractivity contribution in [3.8, 4) is 10.7 Å². The van der Waals surface area contributed by atoms with Gasteiger partial charge in [-0.2, -0.15) is 4.98 Å². The van der Waals surface area contributed by atoms with Gasteiger partial charge in [-0.25, -0.2) is 0 Å². The molecule has 1 saturated carbocycles.